The molecule has 37 heavy (non-hydrogen) atoms. The minimum Gasteiger partial charge on any atom is -0.325 e. The van der Waals surface area contributed by atoms with E-state index in [1.54, 1.807) is 10.6 Å². The average molecular weight is 512 g/mol. The van der Waals surface area contributed by atoms with E-state index in [2.05, 4.69) is 61.4 Å². The van der Waals surface area contributed by atoms with Gasteiger partial charge in [0, 0.05) is 5.69 Å². The number of para-hydroxylation sites is 3. The van der Waals surface area contributed by atoms with Crippen LogP contribution in [0.1, 0.15) is 50.7 Å². The number of thioether (sulfide) groups is 1. The van der Waals surface area contributed by atoms with Gasteiger partial charge in [0.15, 0.2) is 5.16 Å². The smallest absolute Gasteiger partial charge is 0.267 e. The van der Waals surface area contributed by atoms with Gasteiger partial charge in [-0.1, -0.05) is 88.0 Å². The molecule has 7 nitrogen and oxygen atoms in total. The molecule has 3 aromatic carbocycles. The summed E-state index contributed by atoms with van der Waals surface area (Å²) in [6.45, 7) is 8.51. The van der Waals surface area contributed by atoms with Crippen molar-refractivity contribution in [3.63, 3.8) is 0 Å². The minimum absolute atomic E-state index is 0.113. The first-order valence-corrected chi connectivity index (χ1v) is 13.3. The SMILES string of the molecule is CC(C)c1cccc(C(C)C)c1NC(=O)CSc1nnc2n(-c3ccccc3)c(=O)c3ccccc3n12. The fourth-order valence-electron chi connectivity index (χ4n) is 4.58. The van der Waals surface area contributed by atoms with Crippen LogP contribution in [-0.4, -0.2) is 30.8 Å². The second-order valence-electron chi connectivity index (χ2n) is 9.57. The number of rotatable bonds is 7. The summed E-state index contributed by atoms with van der Waals surface area (Å²) in [5.41, 5.74) is 4.38. The zero-order valence-electron chi connectivity index (χ0n) is 21.3. The van der Waals surface area contributed by atoms with Crippen molar-refractivity contribution in [2.24, 2.45) is 0 Å². The molecule has 5 rings (SSSR count). The van der Waals surface area contributed by atoms with E-state index >= 15 is 0 Å². The lowest BCUT2D eigenvalue weighted by molar-refractivity contribution is -0.113. The maximum absolute atomic E-state index is 13.4. The lowest BCUT2D eigenvalue weighted by atomic mass is 9.92. The Kier molecular flexibility index (Phi) is 6.84. The Labute approximate surface area is 219 Å². The van der Waals surface area contributed by atoms with Gasteiger partial charge in [0.2, 0.25) is 11.7 Å². The molecule has 0 saturated heterocycles. The van der Waals surface area contributed by atoms with E-state index in [0.29, 0.717) is 27.5 Å². The second kappa shape index (κ2) is 10.2. The number of amides is 1. The molecule has 1 amide bonds. The van der Waals surface area contributed by atoms with Crippen molar-refractivity contribution in [3.05, 3.63) is 94.3 Å². The van der Waals surface area contributed by atoms with Crippen molar-refractivity contribution in [1.82, 2.24) is 19.2 Å². The third-order valence-electron chi connectivity index (χ3n) is 6.38. The highest BCUT2D eigenvalue weighted by molar-refractivity contribution is 7.99. The maximum Gasteiger partial charge on any atom is 0.267 e. The lowest BCUT2D eigenvalue weighted by Crippen LogP contribution is -2.22. The summed E-state index contributed by atoms with van der Waals surface area (Å²) in [5, 5.41) is 13.0. The molecule has 2 aromatic heterocycles. The summed E-state index contributed by atoms with van der Waals surface area (Å²) >= 11 is 1.30. The van der Waals surface area contributed by atoms with Crippen LogP contribution in [0.5, 0.6) is 0 Å². The van der Waals surface area contributed by atoms with Crippen LogP contribution in [0.25, 0.3) is 22.4 Å². The van der Waals surface area contributed by atoms with Gasteiger partial charge < -0.3 is 5.32 Å². The molecule has 2 heterocycles. The molecule has 0 aliphatic carbocycles. The molecule has 0 bridgehead atoms. The number of benzene rings is 3. The van der Waals surface area contributed by atoms with Crippen molar-refractivity contribution in [1.29, 1.82) is 0 Å². The van der Waals surface area contributed by atoms with Crippen LogP contribution in [0.15, 0.2) is 82.7 Å². The van der Waals surface area contributed by atoms with Crippen molar-refractivity contribution in [3.8, 4) is 5.69 Å². The molecule has 0 radical (unpaired) electrons. The maximum atomic E-state index is 13.4. The van der Waals surface area contributed by atoms with E-state index in [1.165, 1.54) is 11.8 Å². The standard InChI is InChI=1S/C29H29N5O2S/c1-18(2)21-14-10-15-22(19(3)4)26(21)30-25(35)17-37-29-32-31-28-33(20-11-6-5-7-12-20)27(36)23-13-8-9-16-24(23)34(28)29/h5-16,18-19H,17H2,1-4H3,(H,30,35). The molecule has 0 aliphatic heterocycles. The van der Waals surface area contributed by atoms with E-state index in [9.17, 15) is 9.59 Å². The molecule has 0 unspecified atom stereocenters. The van der Waals surface area contributed by atoms with Gasteiger partial charge >= 0.3 is 0 Å². The van der Waals surface area contributed by atoms with Gasteiger partial charge in [0.25, 0.3) is 5.56 Å². The summed E-state index contributed by atoms with van der Waals surface area (Å²) in [4.78, 5) is 26.6. The Balaban J connectivity index is 1.51. The quantitative estimate of drug-likeness (QED) is 0.271. The largest absolute Gasteiger partial charge is 0.325 e. The molecular weight excluding hydrogens is 482 g/mol. The normalized spacial score (nSPS) is 11.6. The summed E-state index contributed by atoms with van der Waals surface area (Å²) in [7, 11) is 0. The first kappa shape index (κ1) is 24.8. The number of hydrogen-bond donors (Lipinski definition) is 1. The number of aromatic nitrogens is 4. The van der Waals surface area contributed by atoms with E-state index in [4.69, 9.17) is 0 Å². The monoisotopic (exact) mass is 511 g/mol. The van der Waals surface area contributed by atoms with Gasteiger partial charge in [-0.05, 0) is 47.2 Å². The fourth-order valence-corrected chi connectivity index (χ4v) is 5.32. The minimum atomic E-state index is -0.164. The predicted octanol–water partition coefficient (Wildman–Crippen LogP) is 6.01. The van der Waals surface area contributed by atoms with Crippen molar-refractivity contribution in [2.45, 2.75) is 44.7 Å². The van der Waals surface area contributed by atoms with Gasteiger partial charge in [-0.2, -0.15) is 0 Å². The van der Waals surface area contributed by atoms with Crippen LogP contribution < -0.4 is 10.9 Å². The Bertz CT molecular complexity index is 1630. The Morgan fingerprint density at radius 1 is 0.865 bits per heavy atom. The van der Waals surface area contributed by atoms with Crippen molar-refractivity contribution < 1.29 is 4.79 Å². The molecule has 0 saturated carbocycles. The predicted molar refractivity (Wildman–Crippen MR) is 150 cm³/mol. The van der Waals surface area contributed by atoms with Crippen LogP contribution in [0, 0.1) is 0 Å². The molecular formula is C29H29N5O2S. The van der Waals surface area contributed by atoms with Crippen LogP contribution in [0.2, 0.25) is 0 Å². The van der Waals surface area contributed by atoms with Crippen LogP contribution in [0.4, 0.5) is 5.69 Å². The van der Waals surface area contributed by atoms with Gasteiger partial charge in [0.05, 0.1) is 22.3 Å². The van der Waals surface area contributed by atoms with Crippen molar-refractivity contribution in [2.75, 3.05) is 11.1 Å². The van der Waals surface area contributed by atoms with Gasteiger partial charge in [-0.3, -0.25) is 14.0 Å². The van der Waals surface area contributed by atoms with Gasteiger partial charge in [-0.15, -0.1) is 10.2 Å². The number of fused-ring (bicyclic) bond motifs is 3. The van der Waals surface area contributed by atoms with E-state index in [-0.39, 0.29) is 29.1 Å². The molecule has 8 heteroatoms. The zero-order chi connectivity index (χ0) is 26.1. The number of hydrogen-bond acceptors (Lipinski definition) is 5. The molecule has 5 aromatic rings. The number of nitrogens with zero attached hydrogens (tertiary/aromatic N) is 4. The topological polar surface area (TPSA) is 81.3 Å². The second-order valence-corrected chi connectivity index (χ2v) is 10.5. The molecule has 0 spiro atoms. The molecule has 188 valence electrons. The molecule has 1 N–H and O–H groups in total. The number of carbonyl (C=O) groups is 1. The van der Waals surface area contributed by atoms with Gasteiger partial charge in [-0.25, -0.2) is 4.57 Å². The third kappa shape index (κ3) is 4.64. The van der Waals surface area contributed by atoms with Crippen LogP contribution in [-0.2, 0) is 4.79 Å². The first-order chi connectivity index (χ1) is 17.9. The molecule has 0 fully saturated rings. The number of carbonyl (C=O) groups excluding carboxylic acids is 1. The summed E-state index contributed by atoms with van der Waals surface area (Å²) in [6.07, 6.45) is 0. The zero-order valence-corrected chi connectivity index (χ0v) is 22.1. The summed E-state index contributed by atoms with van der Waals surface area (Å²) in [6, 6.07) is 23.0. The first-order valence-electron chi connectivity index (χ1n) is 12.4. The highest BCUT2D eigenvalue weighted by atomic mass is 32.2. The average Bonchev–Trinajstić information content (AvgIpc) is 3.32. The fraction of sp³-hybridized carbons (Fsp3) is 0.241. The molecule has 0 atom stereocenters. The van der Waals surface area contributed by atoms with Crippen LogP contribution >= 0.6 is 11.8 Å². The van der Waals surface area contributed by atoms with Crippen LogP contribution in [0.3, 0.4) is 0 Å². The molecule has 0 aliphatic rings. The summed E-state index contributed by atoms with van der Waals surface area (Å²) < 4.78 is 3.41. The highest BCUT2D eigenvalue weighted by Crippen LogP contribution is 2.33. The Hall–Kier alpha value is -3.91. The third-order valence-corrected chi connectivity index (χ3v) is 7.31. The number of anilines is 1. The van der Waals surface area contributed by atoms with E-state index < -0.39 is 0 Å². The Morgan fingerprint density at radius 3 is 2.19 bits per heavy atom. The Morgan fingerprint density at radius 2 is 1.51 bits per heavy atom. The van der Waals surface area contributed by atoms with Crippen molar-refractivity contribution >= 4 is 40.0 Å². The highest BCUT2D eigenvalue weighted by Gasteiger charge is 2.20. The summed E-state index contributed by atoms with van der Waals surface area (Å²) in [5.74, 6) is 1.01. The van der Waals surface area contributed by atoms with Gasteiger partial charge in [0.1, 0.15) is 0 Å². The number of nitrogens with one attached hydrogen (secondary N) is 1. The lowest BCUT2D eigenvalue weighted by Gasteiger charge is -2.20. The van der Waals surface area contributed by atoms with E-state index in [1.807, 2.05) is 52.9 Å². The van der Waals surface area contributed by atoms with E-state index in [0.717, 1.165) is 16.8 Å².